The van der Waals surface area contributed by atoms with Crippen molar-refractivity contribution in [2.45, 2.75) is 77.5 Å². The highest BCUT2D eigenvalue weighted by Gasteiger charge is 2.33. The fraction of sp³-hybridized carbons (Fsp3) is 0.485. The zero-order valence-electron chi connectivity index (χ0n) is 25.6. The number of aliphatic hydroxyl groups is 2. The van der Waals surface area contributed by atoms with E-state index in [0.717, 1.165) is 43.1 Å². The minimum absolute atomic E-state index is 0.209. The van der Waals surface area contributed by atoms with Gasteiger partial charge in [-0.2, -0.15) is 0 Å². The van der Waals surface area contributed by atoms with Crippen LogP contribution in [0.4, 0.5) is 0 Å². The highest BCUT2D eigenvalue weighted by molar-refractivity contribution is 7.19. The normalized spacial score (nSPS) is 19.7. The van der Waals surface area contributed by atoms with Gasteiger partial charge in [-0.1, -0.05) is 32.0 Å². The van der Waals surface area contributed by atoms with Gasteiger partial charge < -0.3 is 29.5 Å². The van der Waals surface area contributed by atoms with Crippen molar-refractivity contribution in [2.24, 2.45) is 0 Å². The number of fused-ring (bicyclic) bond motifs is 2. The van der Waals surface area contributed by atoms with Crippen molar-refractivity contribution in [2.75, 3.05) is 26.8 Å². The number of carboxylic acids is 1. The van der Waals surface area contributed by atoms with Crippen molar-refractivity contribution in [3.8, 4) is 17.2 Å². The molecule has 0 aliphatic carbocycles. The second-order valence-corrected chi connectivity index (χ2v) is 12.2. The average Bonchev–Trinajstić information content (AvgIpc) is 3.54. The highest BCUT2D eigenvalue weighted by atomic mass is 32.1. The van der Waals surface area contributed by atoms with Gasteiger partial charge in [0.1, 0.15) is 24.1 Å². The molecule has 0 amide bonds. The van der Waals surface area contributed by atoms with Crippen LogP contribution < -0.4 is 14.2 Å². The fourth-order valence-corrected chi connectivity index (χ4v) is 6.62. The number of benzene rings is 2. The van der Waals surface area contributed by atoms with E-state index in [9.17, 15) is 9.90 Å². The third-order valence-corrected chi connectivity index (χ3v) is 8.62. The minimum atomic E-state index is -1.38. The molecule has 2 aliphatic heterocycles. The first-order chi connectivity index (χ1) is 20.0. The van der Waals surface area contributed by atoms with Crippen molar-refractivity contribution in [3.63, 3.8) is 0 Å². The number of aliphatic carboxylic acids is 1. The highest BCUT2D eigenvalue weighted by Crippen LogP contribution is 2.42. The lowest BCUT2D eigenvalue weighted by atomic mass is 9.90. The number of para-hydroxylation sites is 1. The summed E-state index contributed by atoms with van der Waals surface area (Å²) in [6.45, 7) is 15.0. The van der Waals surface area contributed by atoms with E-state index in [2.05, 4.69) is 56.5 Å². The van der Waals surface area contributed by atoms with Crippen LogP contribution in [0.2, 0.25) is 0 Å². The summed E-state index contributed by atoms with van der Waals surface area (Å²) in [5.41, 5.74) is 0.964. The zero-order chi connectivity index (χ0) is 31.0. The molecule has 3 aromatic rings. The lowest BCUT2D eigenvalue weighted by Gasteiger charge is -2.38. The number of carboxylic acid groups (broad SMARTS) is 1. The van der Waals surface area contributed by atoms with Gasteiger partial charge in [0.25, 0.3) is 0 Å². The molecule has 0 spiro atoms. The lowest BCUT2D eigenvalue weighted by Crippen LogP contribution is -2.45. The van der Waals surface area contributed by atoms with E-state index in [1.54, 1.807) is 7.11 Å². The lowest BCUT2D eigenvalue weighted by molar-refractivity contribution is -0.135. The van der Waals surface area contributed by atoms with Crippen LogP contribution >= 0.6 is 11.3 Å². The van der Waals surface area contributed by atoms with Crippen molar-refractivity contribution in [1.82, 2.24) is 4.90 Å². The molecule has 0 saturated carbocycles. The molecule has 3 N–H and O–H groups in total. The molecular formula is C33H45NO7S. The number of hydrogen-bond acceptors (Lipinski definition) is 8. The number of β-amino-alcohol motifs (C(OH)–C–C–N with tert-alkyl or cyclic N) is 1. The largest absolute Gasteiger partial charge is 0.502 e. The molecule has 5 rings (SSSR count). The molecular weight excluding hydrogens is 554 g/mol. The molecule has 9 heteroatoms. The van der Waals surface area contributed by atoms with Crippen molar-refractivity contribution in [1.29, 1.82) is 0 Å². The summed E-state index contributed by atoms with van der Waals surface area (Å²) in [5.74, 6) is 0.855. The van der Waals surface area contributed by atoms with Crippen molar-refractivity contribution in [3.05, 3.63) is 65.2 Å². The zero-order valence-corrected chi connectivity index (χ0v) is 26.4. The summed E-state index contributed by atoms with van der Waals surface area (Å²) < 4.78 is 18.9. The quantitative estimate of drug-likeness (QED) is 0.192. The standard InChI is InChI=1S/C28H35NO4S.C3H4O3.C2H6/c1-18-13-19(26-14-22-23(31-4)8-6-10-25(22)34-26)11-12-29(18)16-21(30)17-32-24-9-5-7-20-15-28(2,3)33-27(20)24;1-2(4)3(5)6;1-2/h5-10,14,18-19,21,30H,11-13,15-17H2,1-4H3;4H,1H2,(H,5,6);1-2H3/t18-,19?,21?;;/m0../s1. The van der Waals surface area contributed by atoms with Crippen LogP contribution in [0.15, 0.2) is 54.8 Å². The molecule has 2 aromatic carbocycles. The van der Waals surface area contributed by atoms with Gasteiger partial charge in [0, 0.05) is 39.5 Å². The summed E-state index contributed by atoms with van der Waals surface area (Å²) in [4.78, 5) is 13.2. The number of ether oxygens (including phenoxy) is 3. The van der Waals surface area contributed by atoms with E-state index in [4.69, 9.17) is 24.4 Å². The topological polar surface area (TPSA) is 109 Å². The summed E-state index contributed by atoms with van der Waals surface area (Å²) in [5, 5.41) is 27.4. The van der Waals surface area contributed by atoms with E-state index in [0.29, 0.717) is 18.5 Å². The predicted molar refractivity (Wildman–Crippen MR) is 168 cm³/mol. The Morgan fingerprint density at radius 2 is 1.86 bits per heavy atom. The van der Waals surface area contributed by atoms with Crippen LogP contribution in [0.1, 0.15) is 63.8 Å². The van der Waals surface area contributed by atoms with Crippen LogP contribution in [0.3, 0.4) is 0 Å². The number of thiophene rings is 1. The molecule has 0 bridgehead atoms. The van der Waals surface area contributed by atoms with Crippen LogP contribution in [-0.4, -0.2) is 70.7 Å². The molecule has 3 heterocycles. The van der Waals surface area contributed by atoms with Gasteiger partial charge in [0.15, 0.2) is 17.3 Å². The number of nitrogens with zero attached hydrogens (tertiary/aromatic N) is 1. The summed E-state index contributed by atoms with van der Waals surface area (Å²) in [6, 6.07) is 15.0. The molecule has 1 fully saturated rings. The molecule has 2 unspecified atom stereocenters. The van der Waals surface area contributed by atoms with Crippen LogP contribution in [0, 0.1) is 0 Å². The molecule has 0 radical (unpaired) electrons. The number of hydrogen-bond donors (Lipinski definition) is 3. The number of piperidine rings is 1. The number of methoxy groups -OCH3 is 1. The molecule has 42 heavy (non-hydrogen) atoms. The van der Waals surface area contributed by atoms with E-state index in [-0.39, 0.29) is 12.2 Å². The van der Waals surface area contributed by atoms with Gasteiger partial charge in [-0.25, -0.2) is 4.79 Å². The van der Waals surface area contributed by atoms with Gasteiger partial charge >= 0.3 is 5.97 Å². The Kier molecular flexibility index (Phi) is 11.7. The van der Waals surface area contributed by atoms with Gasteiger partial charge in [0.05, 0.1) is 7.11 Å². The van der Waals surface area contributed by atoms with Crippen LogP contribution in [0.5, 0.6) is 17.2 Å². The number of aliphatic hydroxyl groups excluding tert-OH is 2. The van der Waals surface area contributed by atoms with Gasteiger partial charge in [-0.15, -0.1) is 11.3 Å². The van der Waals surface area contributed by atoms with E-state index < -0.39 is 17.8 Å². The number of rotatable bonds is 8. The second-order valence-electron chi connectivity index (χ2n) is 11.1. The minimum Gasteiger partial charge on any atom is -0.502 e. The third-order valence-electron chi connectivity index (χ3n) is 7.35. The first-order valence-electron chi connectivity index (χ1n) is 14.5. The maximum absolute atomic E-state index is 10.7. The molecule has 3 atom stereocenters. The average molecular weight is 600 g/mol. The smallest absolute Gasteiger partial charge is 0.370 e. The SMILES string of the molecule is C=C(O)C(=O)O.CC.COc1cccc2sc(C3CCN(CC(O)COc4cccc5c4OC(C)(C)C5)[C@@H](C)C3)cc12. The van der Waals surface area contributed by atoms with Crippen molar-refractivity contribution >= 4 is 27.4 Å². The Hall–Kier alpha value is -3.27. The monoisotopic (exact) mass is 599 g/mol. The maximum Gasteiger partial charge on any atom is 0.370 e. The van der Waals surface area contributed by atoms with E-state index in [1.807, 2.05) is 43.4 Å². The van der Waals surface area contributed by atoms with E-state index >= 15 is 0 Å². The van der Waals surface area contributed by atoms with E-state index in [1.165, 1.54) is 20.5 Å². The Morgan fingerprint density at radius 3 is 2.50 bits per heavy atom. The molecule has 230 valence electrons. The number of likely N-dealkylation sites (tertiary alicyclic amines) is 1. The van der Waals surface area contributed by atoms with Gasteiger partial charge in [-0.3, -0.25) is 4.90 Å². The molecule has 8 nitrogen and oxygen atoms in total. The Morgan fingerprint density at radius 1 is 1.19 bits per heavy atom. The Balaban J connectivity index is 0.000000541. The predicted octanol–water partition coefficient (Wildman–Crippen LogP) is 6.80. The maximum atomic E-state index is 10.7. The van der Waals surface area contributed by atoms with Gasteiger partial charge in [0.2, 0.25) is 0 Å². The van der Waals surface area contributed by atoms with Crippen LogP contribution in [-0.2, 0) is 11.2 Å². The molecule has 1 aromatic heterocycles. The summed E-state index contributed by atoms with van der Waals surface area (Å²) >= 11 is 1.89. The summed E-state index contributed by atoms with van der Waals surface area (Å²) in [7, 11) is 1.74. The molecule has 2 aliphatic rings. The van der Waals surface area contributed by atoms with Crippen LogP contribution in [0.25, 0.3) is 10.1 Å². The van der Waals surface area contributed by atoms with Gasteiger partial charge in [-0.05, 0) is 76.9 Å². The first-order valence-corrected chi connectivity index (χ1v) is 15.3. The Bertz CT molecular complexity index is 1340. The Labute approximate surface area is 253 Å². The fourth-order valence-electron chi connectivity index (χ4n) is 5.39. The second kappa shape index (κ2) is 14.8. The molecule has 1 saturated heterocycles. The third kappa shape index (κ3) is 8.40. The van der Waals surface area contributed by atoms with Crippen molar-refractivity contribution < 1.29 is 34.3 Å². The summed E-state index contributed by atoms with van der Waals surface area (Å²) in [6.07, 6.45) is 2.53. The number of carbonyl (C=O) groups is 1. The first kappa shape index (κ1) is 33.2.